The quantitative estimate of drug-likeness (QED) is 0.588. The Labute approximate surface area is 63.5 Å². The summed E-state index contributed by atoms with van der Waals surface area (Å²) in [5.74, 6) is 0.197. The van der Waals surface area contributed by atoms with E-state index in [4.69, 9.17) is 11.5 Å². The molecule has 1 N–H and O–H groups in total. The summed E-state index contributed by atoms with van der Waals surface area (Å²) in [6.45, 7) is 3.44. The number of hydrogen-bond acceptors (Lipinski definition) is 2. The van der Waals surface area contributed by atoms with Gasteiger partial charge < -0.3 is 10.1 Å². The first kappa shape index (κ1) is 6.35. The largest absolute Gasteiger partial charge is 0.378 e. The van der Waals surface area contributed by atoms with Gasteiger partial charge in [-0.1, -0.05) is 6.92 Å². The number of hydrogen-bond donors (Lipinski definition) is 1. The predicted octanol–water partition coefficient (Wildman–Crippen LogP) is 1.84. The molecule has 1 aliphatic rings. The van der Waals surface area contributed by atoms with Gasteiger partial charge in [-0.05, 0) is 19.8 Å². The third-order valence-electron chi connectivity index (χ3n) is 2.03. The molecule has 2 heteroatoms. The monoisotopic (exact) mass is 143 g/mol. The van der Waals surface area contributed by atoms with Gasteiger partial charge in [0.05, 0.1) is 7.47 Å². The van der Waals surface area contributed by atoms with E-state index in [-0.39, 0.29) is 12.0 Å². The van der Waals surface area contributed by atoms with Crippen molar-refractivity contribution in [2.24, 2.45) is 5.92 Å². The summed E-state index contributed by atoms with van der Waals surface area (Å²) in [5, 5.41) is 7.45. The van der Waals surface area contributed by atoms with Crippen molar-refractivity contribution in [1.29, 1.82) is 5.41 Å². The molecule has 0 saturated carbocycles. The molecule has 0 aliphatic carbocycles. The van der Waals surface area contributed by atoms with Gasteiger partial charge in [-0.15, -0.1) is 0 Å². The van der Waals surface area contributed by atoms with Crippen LogP contribution in [-0.2, 0) is 4.74 Å². The van der Waals surface area contributed by atoms with Gasteiger partial charge in [-0.25, -0.2) is 0 Å². The highest BCUT2D eigenvalue weighted by Crippen LogP contribution is 2.23. The van der Waals surface area contributed by atoms with Crippen LogP contribution in [-0.4, -0.2) is 18.4 Å². The maximum atomic E-state index is 7.45. The molecule has 0 amide bonds. The zero-order chi connectivity index (χ0) is 8.43. The molecular formula is C8H15NO. The molecule has 2 nitrogen and oxygen atoms in total. The standard InChI is InChI=1S/C8H15NO/c1-3-8-7(6(2)9)4-5-10-8/h7-9H,3-5H2,1-2H3/t7?,8-/m1/s1/i5T/t5?,7?,8-. The lowest BCUT2D eigenvalue weighted by Gasteiger charge is -2.14. The number of rotatable bonds is 2. The zero-order valence-electron chi connectivity index (χ0n) is 7.55. The van der Waals surface area contributed by atoms with Crippen LogP contribution >= 0.6 is 0 Å². The van der Waals surface area contributed by atoms with E-state index >= 15 is 0 Å². The zero-order valence-corrected chi connectivity index (χ0v) is 6.55. The Bertz CT molecular complexity index is 160. The second kappa shape index (κ2) is 3.15. The first-order valence-electron chi connectivity index (χ1n) is 4.35. The fourth-order valence-corrected chi connectivity index (χ4v) is 1.37. The Morgan fingerprint density at radius 2 is 2.60 bits per heavy atom. The molecule has 58 valence electrons. The van der Waals surface area contributed by atoms with Crippen molar-refractivity contribution in [2.75, 3.05) is 6.58 Å². The van der Waals surface area contributed by atoms with Crippen molar-refractivity contribution in [2.45, 2.75) is 32.8 Å². The molecule has 10 heavy (non-hydrogen) atoms. The van der Waals surface area contributed by atoms with Crippen molar-refractivity contribution >= 4 is 5.71 Å². The molecule has 0 aromatic rings. The van der Waals surface area contributed by atoms with Gasteiger partial charge in [-0.2, -0.15) is 0 Å². The summed E-state index contributed by atoms with van der Waals surface area (Å²) < 4.78 is 12.7. The smallest absolute Gasteiger partial charge is 0.0653 e. The molecule has 0 aromatic carbocycles. The van der Waals surface area contributed by atoms with Crippen molar-refractivity contribution in [3.63, 3.8) is 0 Å². The normalized spacial score (nSPS) is 41.4. The Balaban J connectivity index is 2.57. The summed E-state index contributed by atoms with van der Waals surface area (Å²) in [4.78, 5) is 0. The van der Waals surface area contributed by atoms with E-state index in [0.29, 0.717) is 12.1 Å². The van der Waals surface area contributed by atoms with Crippen LogP contribution in [0, 0.1) is 11.3 Å². The summed E-state index contributed by atoms with van der Waals surface area (Å²) in [7, 11) is 0. The molecule has 1 aliphatic heterocycles. The van der Waals surface area contributed by atoms with Crippen LogP contribution in [0.25, 0.3) is 0 Å². The Hall–Kier alpha value is -0.370. The maximum absolute atomic E-state index is 7.45. The van der Waals surface area contributed by atoms with Crippen LogP contribution in [0.15, 0.2) is 0 Å². The van der Waals surface area contributed by atoms with Gasteiger partial charge in [-0.3, -0.25) is 0 Å². The number of ether oxygens (including phenoxy) is 1. The SMILES string of the molecule is [3H]C1CC(C(C)=N)[C@@H](CC)O1. The number of nitrogens with one attached hydrogen (secondary N) is 1. The van der Waals surface area contributed by atoms with Gasteiger partial charge in [0.15, 0.2) is 0 Å². The summed E-state index contributed by atoms with van der Waals surface area (Å²) in [6, 6.07) is 0. The van der Waals surface area contributed by atoms with Crippen LogP contribution in [0.2, 0.25) is 0 Å². The molecule has 0 aromatic heterocycles. The lowest BCUT2D eigenvalue weighted by molar-refractivity contribution is 0.0988. The van der Waals surface area contributed by atoms with Crippen LogP contribution < -0.4 is 0 Å². The van der Waals surface area contributed by atoms with Crippen molar-refractivity contribution in [3.05, 3.63) is 0 Å². The third-order valence-corrected chi connectivity index (χ3v) is 2.03. The molecule has 0 bridgehead atoms. The van der Waals surface area contributed by atoms with Gasteiger partial charge >= 0.3 is 0 Å². The second-order valence-corrected chi connectivity index (χ2v) is 2.77. The Morgan fingerprint density at radius 1 is 1.90 bits per heavy atom. The van der Waals surface area contributed by atoms with E-state index in [0.717, 1.165) is 6.42 Å². The van der Waals surface area contributed by atoms with Crippen LogP contribution in [0.3, 0.4) is 0 Å². The van der Waals surface area contributed by atoms with Crippen LogP contribution in [0.1, 0.15) is 28.1 Å². The van der Waals surface area contributed by atoms with Gasteiger partial charge in [0.2, 0.25) is 0 Å². The molecular weight excluding hydrogens is 126 g/mol. The molecule has 1 rings (SSSR count). The summed E-state index contributed by atoms with van der Waals surface area (Å²) >= 11 is 0. The topological polar surface area (TPSA) is 33.1 Å². The Kier molecular flexibility index (Phi) is 2.00. The van der Waals surface area contributed by atoms with E-state index in [1.807, 2.05) is 6.92 Å². The lowest BCUT2D eigenvalue weighted by Crippen LogP contribution is -2.20. The van der Waals surface area contributed by atoms with Crippen LogP contribution in [0.5, 0.6) is 0 Å². The molecule has 0 spiro atoms. The second-order valence-electron chi connectivity index (χ2n) is 2.77. The Morgan fingerprint density at radius 3 is 3.00 bits per heavy atom. The first-order chi connectivity index (χ1) is 5.15. The van der Waals surface area contributed by atoms with Gasteiger partial charge in [0, 0.05) is 18.2 Å². The predicted molar refractivity (Wildman–Crippen MR) is 41.5 cm³/mol. The average Bonchev–Trinajstić information content (AvgIpc) is 2.30. The minimum absolute atomic E-state index is 0.120. The highest BCUT2D eigenvalue weighted by atomic mass is 16.5. The summed E-state index contributed by atoms with van der Waals surface area (Å²) in [5.41, 5.74) is 0.659. The fraction of sp³-hybridized carbons (Fsp3) is 0.875. The van der Waals surface area contributed by atoms with Crippen molar-refractivity contribution in [1.82, 2.24) is 0 Å². The fourth-order valence-electron chi connectivity index (χ4n) is 1.37. The van der Waals surface area contributed by atoms with Crippen molar-refractivity contribution in [3.8, 4) is 0 Å². The van der Waals surface area contributed by atoms with Crippen LogP contribution in [0.4, 0.5) is 0 Å². The van der Waals surface area contributed by atoms with Crippen molar-refractivity contribution < 1.29 is 6.11 Å². The molecule has 2 unspecified atom stereocenters. The van der Waals surface area contributed by atoms with Gasteiger partial charge in [0.1, 0.15) is 0 Å². The molecule has 1 fully saturated rings. The van der Waals surface area contributed by atoms with E-state index in [2.05, 4.69) is 0 Å². The van der Waals surface area contributed by atoms with E-state index < -0.39 is 6.58 Å². The van der Waals surface area contributed by atoms with Gasteiger partial charge in [0.25, 0.3) is 0 Å². The molecule has 3 atom stereocenters. The minimum atomic E-state index is -0.398. The molecule has 1 heterocycles. The third kappa shape index (κ3) is 1.37. The highest BCUT2D eigenvalue weighted by Gasteiger charge is 2.27. The summed E-state index contributed by atoms with van der Waals surface area (Å²) in [6.07, 6.45) is 1.74. The van der Waals surface area contributed by atoms with E-state index in [9.17, 15) is 0 Å². The lowest BCUT2D eigenvalue weighted by atomic mass is 9.95. The maximum Gasteiger partial charge on any atom is 0.0653 e. The first-order valence-corrected chi connectivity index (χ1v) is 3.78. The minimum Gasteiger partial charge on any atom is -0.378 e. The average molecular weight is 143 g/mol. The molecule has 1 saturated heterocycles. The van der Waals surface area contributed by atoms with E-state index in [1.165, 1.54) is 0 Å². The molecule has 0 radical (unpaired) electrons. The highest BCUT2D eigenvalue weighted by molar-refractivity contribution is 5.81. The van der Waals surface area contributed by atoms with E-state index in [1.54, 1.807) is 6.92 Å².